The fourth-order valence-corrected chi connectivity index (χ4v) is 2.98. The lowest BCUT2D eigenvalue weighted by Gasteiger charge is -2.25. The van der Waals surface area contributed by atoms with Crippen molar-refractivity contribution in [2.75, 3.05) is 24.5 Å². The van der Waals surface area contributed by atoms with E-state index >= 15 is 0 Å². The van der Waals surface area contributed by atoms with E-state index in [2.05, 4.69) is 46.4 Å². The summed E-state index contributed by atoms with van der Waals surface area (Å²) in [5, 5.41) is 10.8. The molecular weight excluding hydrogens is 340 g/mol. The summed E-state index contributed by atoms with van der Waals surface area (Å²) in [5.74, 6) is 0.795. The molecule has 0 aliphatic carbocycles. The number of aromatic nitrogens is 2. The van der Waals surface area contributed by atoms with Crippen LogP contribution in [0.25, 0.3) is 11.5 Å². The molecule has 140 valence electrons. The van der Waals surface area contributed by atoms with Crippen LogP contribution in [0.2, 0.25) is 0 Å². The first-order valence-corrected chi connectivity index (χ1v) is 9.08. The third-order valence-corrected chi connectivity index (χ3v) is 4.40. The Morgan fingerprint density at radius 1 is 1.11 bits per heavy atom. The Morgan fingerprint density at radius 3 is 2.63 bits per heavy atom. The highest BCUT2D eigenvalue weighted by atomic mass is 16.4. The van der Waals surface area contributed by atoms with Crippen LogP contribution in [-0.4, -0.2) is 35.7 Å². The van der Waals surface area contributed by atoms with Crippen molar-refractivity contribution in [1.82, 2.24) is 15.5 Å². The highest BCUT2D eigenvalue weighted by molar-refractivity contribution is 5.95. The molecule has 1 aromatic heterocycles. The zero-order valence-corrected chi connectivity index (χ0v) is 15.9. The topological polar surface area (TPSA) is 71.3 Å². The molecule has 0 bridgehead atoms. The number of amides is 1. The van der Waals surface area contributed by atoms with Gasteiger partial charge in [0.05, 0.1) is 0 Å². The number of carbonyl (C=O) groups is 1. The zero-order chi connectivity index (χ0) is 19.2. The molecular formula is C21H24N4O2. The first-order valence-electron chi connectivity index (χ1n) is 9.08. The zero-order valence-electron chi connectivity index (χ0n) is 15.9. The average Bonchev–Trinajstić information content (AvgIpc) is 3.12. The first kappa shape index (κ1) is 18.6. The van der Waals surface area contributed by atoms with Gasteiger partial charge < -0.3 is 14.6 Å². The van der Waals surface area contributed by atoms with Gasteiger partial charge in [0.1, 0.15) is 0 Å². The normalized spacial score (nSPS) is 10.6. The van der Waals surface area contributed by atoms with Gasteiger partial charge in [0.15, 0.2) is 0 Å². The van der Waals surface area contributed by atoms with Crippen molar-refractivity contribution in [2.24, 2.45) is 0 Å². The SMILES string of the molecule is CCN(CCNC(=O)c1cccc(-c2nnc(C)o2)c1)c1ccccc1C. The molecule has 0 unspecified atom stereocenters. The number of likely N-dealkylation sites (N-methyl/N-ethyl adjacent to an activating group) is 1. The molecule has 0 fully saturated rings. The Kier molecular flexibility index (Phi) is 5.86. The maximum absolute atomic E-state index is 12.5. The first-order chi connectivity index (χ1) is 13.1. The van der Waals surface area contributed by atoms with E-state index in [1.807, 2.05) is 24.3 Å². The van der Waals surface area contributed by atoms with E-state index in [-0.39, 0.29) is 5.91 Å². The van der Waals surface area contributed by atoms with Crippen molar-refractivity contribution in [2.45, 2.75) is 20.8 Å². The summed E-state index contributed by atoms with van der Waals surface area (Å²) in [7, 11) is 0. The molecule has 0 saturated carbocycles. The monoisotopic (exact) mass is 364 g/mol. The molecule has 6 heteroatoms. The van der Waals surface area contributed by atoms with Crippen molar-refractivity contribution >= 4 is 11.6 Å². The van der Waals surface area contributed by atoms with Crippen LogP contribution in [0.3, 0.4) is 0 Å². The van der Waals surface area contributed by atoms with E-state index < -0.39 is 0 Å². The summed E-state index contributed by atoms with van der Waals surface area (Å²) >= 11 is 0. The number of hydrogen-bond acceptors (Lipinski definition) is 5. The van der Waals surface area contributed by atoms with Gasteiger partial charge in [-0.05, 0) is 43.7 Å². The van der Waals surface area contributed by atoms with Crippen molar-refractivity contribution in [3.05, 3.63) is 65.5 Å². The highest BCUT2D eigenvalue weighted by Gasteiger charge is 2.11. The van der Waals surface area contributed by atoms with Crippen molar-refractivity contribution in [3.63, 3.8) is 0 Å². The second-order valence-electron chi connectivity index (χ2n) is 6.33. The van der Waals surface area contributed by atoms with Gasteiger partial charge in [-0.2, -0.15) is 0 Å². The Hall–Kier alpha value is -3.15. The lowest BCUT2D eigenvalue weighted by molar-refractivity contribution is 0.0954. The number of para-hydroxylation sites is 1. The van der Waals surface area contributed by atoms with Crippen LogP contribution >= 0.6 is 0 Å². The van der Waals surface area contributed by atoms with Crippen molar-refractivity contribution < 1.29 is 9.21 Å². The van der Waals surface area contributed by atoms with Crippen LogP contribution in [0, 0.1) is 13.8 Å². The van der Waals surface area contributed by atoms with Gasteiger partial charge in [-0.1, -0.05) is 24.3 Å². The smallest absolute Gasteiger partial charge is 0.251 e. The summed E-state index contributed by atoms with van der Waals surface area (Å²) in [5.41, 5.74) is 3.73. The molecule has 0 aliphatic rings. The molecule has 0 aliphatic heterocycles. The lowest BCUT2D eigenvalue weighted by Crippen LogP contribution is -2.35. The third kappa shape index (κ3) is 4.53. The Labute approximate surface area is 159 Å². The van der Waals surface area contributed by atoms with Crippen LogP contribution in [0.5, 0.6) is 0 Å². The quantitative estimate of drug-likeness (QED) is 0.693. The number of hydrogen-bond donors (Lipinski definition) is 1. The molecule has 0 spiro atoms. The van der Waals surface area contributed by atoms with E-state index in [0.717, 1.165) is 18.7 Å². The molecule has 3 aromatic rings. The fourth-order valence-electron chi connectivity index (χ4n) is 2.98. The van der Waals surface area contributed by atoms with Crippen LogP contribution in [0.4, 0.5) is 5.69 Å². The van der Waals surface area contributed by atoms with E-state index in [9.17, 15) is 4.79 Å². The molecule has 1 amide bonds. The summed E-state index contributed by atoms with van der Waals surface area (Å²) in [6.07, 6.45) is 0. The molecule has 0 saturated heterocycles. The number of rotatable bonds is 7. The van der Waals surface area contributed by atoms with Gasteiger partial charge in [-0.15, -0.1) is 10.2 Å². The van der Waals surface area contributed by atoms with E-state index in [1.54, 1.807) is 19.1 Å². The van der Waals surface area contributed by atoms with Gasteiger partial charge in [0.25, 0.3) is 5.91 Å². The molecule has 6 nitrogen and oxygen atoms in total. The van der Waals surface area contributed by atoms with Gasteiger partial charge in [-0.3, -0.25) is 4.79 Å². The van der Waals surface area contributed by atoms with Gasteiger partial charge >= 0.3 is 0 Å². The van der Waals surface area contributed by atoms with Crippen molar-refractivity contribution in [1.29, 1.82) is 0 Å². The summed E-state index contributed by atoms with van der Waals surface area (Å²) in [6, 6.07) is 15.5. The average molecular weight is 364 g/mol. The van der Waals surface area contributed by atoms with E-state index in [4.69, 9.17) is 4.42 Å². The predicted octanol–water partition coefficient (Wildman–Crippen LogP) is 3.61. The van der Waals surface area contributed by atoms with Crippen LogP contribution < -0.4 is 10.2 Å². The van der Waals surface area contributed by atoms with Crippen LogP contribution in [0.1, 0.15) is 28.7 Å². The molecule has 2 aromatic carbocycles. The Balaban J connectivity index is 1.62. The second-order valence-corrected chi connectivity index (χ2v) is 6.33. The Bertz CT molecular complexity index is 920. The largest absolute Gasteiger partial charge is 0.421 e. The van der Waals surface area contributed by atoms with Gasteiger partial charge in [0.2, 0.25) is 11.8 Å². The summed E-state index contributed by atoms with van der Waals surface area (Å²) < 4.78 is 5.43. The van der Waals surface area contributed by atoms with Gasteiger partial charge in [-0.25, -0.2) is 0 Å². The van der Waals surface area contributed by atoms with E-state index in [1.165, 1.54) is 11.3 Å². The maximum Gasteiger partial charge on any atom is 0.251 e. The predicted molar refractivity (Wildman–Crippen MR) is 106 cm³/mol. The van der Waals surface area contributed by atoms with Crippen LogP contribution in [0.15, 0.2) is 52.9 Å². The Morgan fingerprint density at radius 2 is 1.93 bits per heavy atom. The number of aryl methyl sites for hydroxylation is 2. The minimum absolute atomic E-state index is 0.117. The molecule has 27 heavy (non-hydrogen) atoms. The molecule has 1 N–H and O–H groups in total. The fraction of sp³-hybridized carbons (Fsp3) is 0.286. The molecule has 0 atom stereocenters. The van der Waals surface area contributed by atoms with Gasteiger partial charge in [0, 0.05) is 43.4 Å². The number of benzene rings is 2. The lowest BCUT2D eigenvalue weighted by atomic mass is 10.1. The number of nitrogens with one attached hydrogen (secondary N) is 1. The molecule has 3 rings (SSSR count). The maximum atomic E-state index is 12.5. The minimum Gasteiger partial charge on any atom is -0.421 e. The summed E-state index contributed by atoms with van der Waals surface area (Å²) in [4.78, 5) is 14.8. The number of nitrogens with zero attached hydrogens (tertiary/aromatic N) is 3. The highest BCUT2D eigenvalue weighted by Crippen LogP contribution is 2.20. The number of carbonyl (C=O) groups excluding carboxylic acids is 1. The number of anilines is 1. The van der Waals surface area contributed by atoms with Crippen LogP contribution in [-0.2, 0) is 0 Å². The standard InChI is InChI=1S/C21H24N4O2/c1-4-25(19-11-6-5-8-15(19)2)13-12-22-20(26)17-9-7-10-18(14-17)21-24-23-16(3)27-21/h5-11,14H,4,12-13H2,1-3H3,(H,22,26). The second kappa shape index (κ2) is 8.49. The van der Waals surface area contributed by atoms with Crippen molar-refractivity contribution in [3.8, 4) is 11.5 Å². The molecule has 0 radical (unpaired) electrons. The minimum atomic E-state index is -0.117. The summed E-state index contributed by atoms with van der Waals surface area (Å²) in [6.45, 7) is 8.14. The van der Waals surface area contributed by atoms with E-state index in [0.29, 0.717) is 23.9 Å². The third-order valence-electron chi connectivity index (χ3n) is 4.40. The molecule has 1 heterocycles.